The number of benzene rings is 1. The molecule has 1 aromatic rings. The van der Waals surface area contributed by atoms with Crippen LogP contribution < -0.4 is 10.6 Å². The lowest BCUT2D eigenvalue weighted by molar-refractivity contribution is 0.140. The van der Waals surface area contributed by atoms with Gasteiger partial charge in [-0.1, -0.05) is 26.0 Å². The van der Waals surface area contributed by atoms with Crippen LogP contribution in [0.25, 0.3) is 0 Å². The Kier molecular flexibility index (Phi) is 6.85. The fourth-order valence-corrected chi connectivity index (χ4v) is 3.73. The third-order valence-corrected chi connectivity index (χ3v) is 4.77. The standard InChI is InChI=1S/C19H31N3S/c1-14-6-7-17(4)18(11-14)21-19(23)20-8-5-9-22-12-15(2)10-16(3)13-22/h6-7,11,15-16H,5,8-10,12-13H2,1-4H3,(H2,20,21,23). The zero-order chi connectivity index (χ0) is 16.8. The summed E-state index contributed by atoms with van der Waals surface area (Å²) in [5, 5.41) is 7.37. The Balaban J connectivity index is 1.68. The van der Waals surface area contributed by atoms with Crippen LogP contribution in [0.15, 0.2) is 18.2 Å². The van der Waals surface area contributed by atoms with E-state index in [9.17, 15) is 0 Å². The fourth-order valence-electron chi connectivity index (χ4n) is 3.52. The van der Waals surface area contributed by atoms with Gasteiger partial charge in [0, 0.05) is 25.3 Å². The van der Waals surface area contributed by atoms with Crippen molar-refractivity contribution in [2.75, 3.05) is 31.5 Å². The molecule has 128 valence electrons. The van der Waals surface area contributed by atoms with Crippen LogP contribution in [0.1, 0.15) is 37.8 Å². The molecule has 0 spiro atoms. The van der Waals surface area contributed by atoms with Crippen LogP contribution >= 0.6 is 12.2 Å². The topological polar surface area (TPSA) is 27.3 Å². The van der Waals surface area contributed by atoms with Crippen LogP contribution in [0.4, 0.5) is 5.69 Å². The number of hydrogen-bond donors (Lipinski definition) is 2. The molecule has 2 N–H and O–H groups in total. The quantitative estimate of drug-likeness (QED) is 0.630. The Hall–Kier alpha value is -1.13. The summed E-state index contributed by atoms with van der Waals surface area (Å²) >= 11 is 5.41. The summed E-state index contributed by atoms with van der Waals surface area (Å²) in [4.78, 5) is 2.60. The first-order valence-electron chi connectivity index (χ1n) is 8.78. The molecular weight excluding hydrogens is 302 g/mol. The highest BCUT2D eigenvalue weighted by atomic mass is 32.1. The number of hydrogen-bond acceptors (Lipinski definition) is 2. The van der Waals surface area contributed by atoms with Gasteiger partial charge in [-0.25, -0.2) is 0 Å². The van der Waals surface area contributed by atoms with E-state index in [4.69, 9.17) is 12.2 Å². The van der Waals surface area contributed by atoms with E-state index in [1.54, 1.807) is 0 Å². The molecule has 0 aromatic heterocycles. The summed E-state index contributed by atoms with van der Waals surface area (Å²) in [5.41, 5.74) is 3.56. The highest BCUT2D eigenvalue weighted by Crippen LogP contribution is 2.20. The molecule has 0 radical (unpaired) electrons. The Labute approximate surface area is 146 Å². The van der Waals surface area contributed by atoms with Crippen molar-refractivity contribution in [3.63, 3.8) is 0 Å². The van der Waals surface area contributed by atoms with Crippen molar-refractivity contribution in [3.05, 3.63) is 29.3 Å². The maximum absolute atomic E-state index is 5.41. The number of likely N-dealkylation sites (tertiary alicyclic amines) is 1. The van der Waals surface area contributed by atoms with Crippen LogP contribution in [0, 0.1) is 25.7 Å². The van der Waals surface area contributed by atoms with Gasteiger partial charge in [-0.2, -0.15) is 0 Å². The van der Waals surface area contributed by atoms with E-state index in [0.717, 1.165) is 42.1 Å². The predicted molar refractivity (Wildman–Crippen MR) is 104 cm³/mol. The molecule has 0 amide bonds. The third kappa shape index (κ3) is 6.11. The van der Waals surface area contributed by atoms with Crippen LogP contribution in [-0.2, 0) is 0 Å². The zero-order valence-corrected chi connectivity index (χ0v) is 15.8. The molecule has 0 saturated carbocycles. The van der Waals surface area contributed by atoms with E-state index in [-0.39, 0.29) is 0 Å². The Morgan fingerprint density at radius 2 is 1.91 bits per heavy atom. The molecule has 1 aromatic carbocycles. The molecule has 1 aliphatic rings. The smallest absolute Gasteiger partial charge is 0.170 e. The summed E-state index contributed by atoms with van der Waals surface area (Å²) in [6.45, 7) is 13.5. The molecule has 1 heterocycles. The predicted octanol–water partition coefficient (Wildman–Crippen LogP) is 3.96. The van der Waals surface area contributed by atoms with E-state index >= 15 is 0 Å². The normalized spacial score (nSPS) is 21.9. The maximum Gasteiger partial charge on any atom is 0.170 e. The molecule has 2 atom stereocenters. The molecule has 3 nitrogen and oxygen atoms in total. The van der Waals surface area contributed by atoms with Crippen molar-refractivity contribution in [3.8, 4) is 0 Å². The minimum absolute atomic E-state index is 0.721. The van der Waals surface area contributed by atoms with Crippen LogP contribution in [0.5, 0.6) is 0 Å². The van der Waals surface area contributed by atoms with Crippen molar-refractivity contribution < 1.29 is 0 Å². The van der Waals surface area contributed by atoms with Gasteiger partial charge >= 0.3 is 0 Å². The SMILES string of the molecule is Cc1ccc(C)c(NC(=S)NCCCN2CC(C)CC(C)C2)c1. The first-order valence-corrected chi connectivity index (χ1v) is 9.19. The van der Waals surface area contributed by atoms with Gasteiger partial charge in [0.25, 0.3) is 0 Å². The van der Waals surface area contributed by atoms with E-state index < -0.39 is 0 Å². The molecule has 1 fully saturated rings. The Morgan fingerprint density at radius 3 is 2.61 bits per heavy atom. The van der Waals surface area contributed by atoms with E-state index in [0.29, 0.717) is 0 Å². The van der Waals surface area contributed by atoms with Gasteiger partial charge in [0.15, 0.2) is 5.11 Å². The lowest BCUT2D eigenvalue weighted by Crippen LogP contribution is -2.40. The van der Waals surface area contributed by atoms with E-state index in [1.165, 1.54) is 30.6 Å². The van der Waals surface area contributed by atoms with Crippen molar-refractivity contribution in [2.45, 2.75) is 40.5 Å². The minimum atomic E-state index is 0.721. The third-order valence-electron chi connectivity index (χ3n) is 4.52. The first-order chi connectivity index (χ1) is 10.9. The number of nitrogens with zero attached hydrogens (tertiary/aromatic N) is 1. The maximum atomic E-state index is 5.41. The second-order valence-corrected chi connectivity index (χ2v) is 7.67. The number of thiocarbonyl (C=S) groups is 1. The van der Waals surface area contributed by atoms with Gasteiger partial charge in [0.2, 0.25) is 0 Å². The van der Waals surface area contributed by atoms with Crippen LogP contribution in [-0.4, -0.2) is 36.2 Å². The summed E-state index contributed by atoms with van der Waals surface area (Å²) < 4.78 is 0. The van der Waals surface area contributed by atoms with E-state index in [2.05, 4.69) is 61.4 Å². The summed E-state index contributed by atoms with van der Waals surface area (Å²) in [7, 11) is 0. The lowest BCUT2D eigenvalue weighted by Gasteiger charge is -2.35. The first kappa shape index (κ1) is 18.2. The highest BCUT2D eigenvalue weighted by molar-refractivity contribution is 7.80. The number of piperidine rings is 1. The summed E-state index contributed by atoms with van der Waals surface area (Å²) in [6, 6.07) is 6.39. The van der Waals surface area contributed by atoms with Gasteiger partial charge in [0.1, 0.15) is 0 Å². The van der Waals surface area contributed by atoms with Gasteiger partial charge in [-0.05, 0) is 74.5 Å². The lowest BCUT2D eigenvalue weighted by atomic mass is 9.92. The minimum Gasteiger partial charge on any atom is -0.362 e. The molecule has 2 unspecified atom stereocenters. The van der Waals surface area contributed by atoms with Gasteiger partial charge in [0.05, 0.1) is 0 Å². The van der Waals surface area contributed by atoms with Gasteiger partial charge < -0.3 is 15.5 Å². The number of rotatable bonds is 5. The number of aryl methyl sites for hydroxylation is 2. The highest BCUT2D eigenvalue weighted by Gasteiger charge is 2.20. The number of anilines is 1. The molecule has 0 bridgehead atoms. The fraction of sp³-hybridized carbons (Fsp3) is 0.632. The number of nitrogens with one attached hydrogen (secondary N) is 2. The second kappa shape index (κ2) is 8.65. The van der Waals surface area contributed by atoms with Crippen molar-refractivity contribution in [1.29, 1.82) is 0 Å². The second-order valence-electron chi connectivity index (χ2n) is 7.26. The van der Waals surface area contributed by atoms with Crippen LogP contribution in [0.2, 0.25) is 0 Å². The van der Waals surface area contributed by atoms with Crippen LogP contribution in [0.3, 0.4) is 0 Å². The molecule has 1 aliphatic heterocycles. The molecule has 1 saturated heterocycles. The zero-order valence-electron chi connectivity index (χ0n) is 15.0. The van der Waals surface area contributed by atoms with Crippen molar-refractivity contribution in [2.24, 2.45) is 11.8 Å². The Bertz CT molecular complexity index is 519. The molecule has 0 aliphatic carbocycles. The van der Waals surface area contributed by atoms with E-state index in [1.807, 2.05) is 0 Å². The summed E-state index contributed by atoms with van der Waals surface area (Å²) in [6.07, 6.45) is 2.51. The van der Waals surface area contributed by atoms with Gasteiger partial charge in [-0.3, -0.25) is 0 Å². The molecule has 23 heavy (non-hydrogen) atoms. The molecular formula is C19H31N3S. The summed E-state index contributed by atoms with van der Waals surface area (Å²) in [5.74, 6) is 1.66. The molecule has 4 heteroatoms. The monoisotopic (exact) mass is 333 g/mol. The average molecular weight is 334 g/mol. The van der Waals surface area contributed by atoms with Crippen molar-refractivity contribution in [1.82, 2.24) is 10.2 Å². The average Bonchev–Trinajstić information content (AvgIpc) is 2.46. The largest absolute Gasteiger partial charge is 0.362 e. The molecule has 2 rings (SSSR count). The van der Waals surface area contributed by atoms with Crippen molar-refractivity contribution >= 4 is 23.0 Å². The van der Waals surface area contributed by atoms with Gasteiger partial charge in [-0.15, -0.1) is 0 Å². The Morgan fingerprint density at radius 1 is 1.22 bits per heavy atom.